The van der Waals surface area contributed by atoms with E-state index in [4.69, 9.17) is 20.2 Å². The van der Waals surface area contributed by atoms with Crippen LogP contribution in [0.2, 0.25) is 0 Å². The summed E-state index contributed by atoms with van der Waals surface area (Å²) in [5, 5.41) is 0.740. The van der Waals surface area contributed by atoms with Crippen molar-refractivity contribution in [3.63, 3.8) is 0 Å². The number of piperazine rings is 1. The third kappa shape index (κ3) is 4.06. The lowest BCUT2D eigenvalue weighted by Gasteiger charge is -2.42. The first-order valence-corrected chi connectivity index (χ1v) is 11.3. The summed E-state index contributed by atoms with van der Waals surface area (Å²) < 4.78 is 10.8. The van der Waals surface area contributed by atoms with Gasteiger partial charge in [-0.1, -0.05) is 20.8 Å². The van der Waals surface area contributed by atoms with Crippen LogP contribution < -0.4 is 20.1 Å². The van der Waals surface area contributed by atoms with E-state index < -0.39 is 0 Å². The molecule has 2 aromatic rings. The van der Waals surface area contributed by atoms with Gasteiger partial charge in [0, 0.05) is 55.8 Å². The second kappa shape index (κ2) is 8.84. The van der Waals surface area contributed by atoms with Crippen molar-refractivity contribution in [3.05, 3.63) is 23.9 Å². The number of methoxy groups -OCH3 is 2. The molecule has 2 heterocycles. The molecule has 1 aromatic carbocycles. The number of carbonyl (C=O) groups excluding carboxylic acids is 1. The van der Waals surface area contributed by atoms with Crippen molar-refractivity contribution >= 4 is 28.5 Å². The Balaban J connectivity index is 1.53. The quantitative estimate of drug-likeness (QED) is 0.760. The van der Waals surface area contributed by atoms with Crippen molar-refractivity contribution in [3.8, 4) is 11.5 Å². The molecule has 1 saturated heterocycles. The smallest absolute Gasteiger partial charge is 0.228 e. The number of hydrogen-bond acceptors (Lipinski definition) is 8. The highest BCUT2D eigenvalue weighted by molar-refractivity contribution is 5.92. The Morgan fingerprint density at radius 1 is 1.03 bits per heavy atom. The second-order valence-electron chi connectivity index (χ2n) is 9.04. The molecule has 0 saturated carbocycles. The molecule has 1 aliphatic carbocycles. The summed E-state index contributed by atoms with van der Waals surface area (Å²) >= 11 is 0. The Morgan fingerprint density at radius 3 is 2.28 bits per heavy atom. The molecule has 0 radical (unpaired) electrons. The minimum absolute atomic E-state index is 0.245. The molecule has 0 amide bonds. The summed E-state index contributed by atoms with van der Waals surface area (Å²) in [6, 6.07) is 3.64. The van der Waals surface area contributed by atoms with E-state index in [2.05, 4.69) is 35.6 Å². The van der Waals surface area contributed by atoms with Gasteiger partial charge in [0.15, 0.2) is 17.3 Å². The average Bonchev–Trinajstić information content (AvgIpc) is 2.79. The Labute approximate surface area is 189 Å². The maximum Gasteiger partial charge on any atom is 0.228 e. The minimum atomic E-state index is 0.245. The zero-order valence-corrected chi connectivity index (χ0v) is 19.6. The van der Waals surface area contributed by atoms with Crippen molar-refractivity contribution in [1.82, 2.24) is 14.9 Å². The Morgan fingerprint density at radius 2 is 1.66 bits per heavy atom. The van der Waals surface area contributed by atoms with Crippen LogP contribution in [0.15, 0.2) is 23.9 Å². The van der Waals surface area contributed by atoms with E-state index in [-0.39, 0.29) is 5.78 Å². The highest BCUT2D eigenvalue weighted by Gasteiger charge is 2.34. The fourth-order valence-electron chi connectivity index (χ4n) is 4.95. The summed E-state index contributed by atoms with van der Waals surface area (Å²) in [6.07, 6.45) is 2.52. The number of hydrogen-bond donors (Lipinski definition) is 1. The summed E-state index contributed by atoms with van der Waals surface area (Å²) in [5.41, 5.74) is 8.17. The SMILES string of the molecule is COc1cc2nc(N3CCN(C4=CC(=O)CC(C(C)C)C4C)CC3)nc(N)c2cc1OC. The van der Waals surface area contributed by atoms with E-state index in [9.17, 15) is 4.79 Å². The molecule has 4 rings (SSSR count). The van der Waals surface area contributed by atoms with Gasteiger partial charge in [0.2, 0.25) is 5.95 Å². The maximum atomic E-state index is 12.4. The highest BCUT2D eigenvalue weighted by Crippen LogP contribution is 2.37. The van der Waals surface area contributed by atoms with Crippen molar-refractivity contribution in [2.75, 3.05) is 51.0 Å². The summed E-state index contributed by atoms with van der Waals surface area (Å²) in [7, 11) is 3.19. The van der Waals surface area contributed by atoms with Gasteiger partial charge in [-0.25, -0.2) is 4.98 Å². The molecule has 0 spiro atoms. The Kier molecular flexibility index (Phi) is 6.13. The summed E-state index contributed by atoms with van der Waals surface area (Å²) in [4.78, 5) is 26.2. The first kappa shape index (κ1) is 22.2. The third-order valence-electron chi connectivity index (χ3n) is 6.86. The Bertz CT molecular complexity index is 1040. The number of ketones is 1. The van der Waals surface area contributed by atoms with Gasteiger partial charge >= 0.3 is 0 Å². The monoisotopic (exact) mass is 439 g/mol. The van der Waals surface area contributed by atoms with Crippen LogP contribution in [-0.4, -0.2) is 61.0 Å². The van der Waals surface area contributed by atoms with Crippen LogP contribution in [-0.2, 0) is 4.79 Å². The lowest BCUT2D eigenvalue weighted by atomic mass is 9.75. The molecule has 2 unspecified atom stereocenters. The number of benzene rings is 1. The number of ether oxygens (including phenoxy) is 2. The standard InChI is InChI=1S/C24H33N5O3/c1-14(2)17-10-16(30)11-20(15(17)3)28-6-8-29(9-7-28)24-26-19-13-22(32-5)21(31-4)12-18(19)23(25)27-24/h11-15,17H,6-10H2,1-5H3,(H2,25,26,27). The highest BCUT2D eigenvalue weighted by atomic mass is 16.5. The van der Waals surface area contributed by atoms with Gasteiger partial charge in [0.25, 0.3) is 0 Å². The zero-order chi connectivity index (χ0) is 23.0. The Hall–Kier alpha value is -3.03. The average molecular weight is 440 g/mol. The largest absolute Gasteiger partial charge is 0.493 e. The third-order valence-corrected chi connectivity index (χ3v) is 6.86. The topological polar surface area (TPSA) is 93.8 Å². The van der Waals surface area contributed by atoms with Crippen LogP contribution in [0.4, 0.5) is 11.8 Å². The van der Waals surface area contributed by atoms with Crippen molar-refractivity contribution < 1.29 is 14.3 Å². The van der Waals surface area contributed by atoms with Crippen molar-refractivity contribution in [2.24, 2.45) is 17.8 Å². The number of nitrogen functional groups attached to an aromatic ring is 1. The van der Waals surface area contributed by atoms with E-state index in [0.29, 0.717) is 47.4 Å². The van der Waals surface area contributed by atoms with Crippen molar-refractivity contribution in [2.45, 2.75) is 27.2 Å². The van der Waals surface area contributed by atoms with E-state index in [1.54, 1.807) is 14.2 Å². The summed E-state index contributed by atoms with van der Waals surface area (Å²) in [6.45, 7) is 9.85. The number of nitrogens with zero attached hydrogens (tertiary/aromatic N) is 4. The number of allylic oxidation sites excluding steroid dienone is 2. The van der Waals surface area contributed by atoms with Gasteiger partial charge in [-0.2, -0.15) is 4.98 Å². The molecule has 2 N–H and O–H groups in total. The van der Waals surface area contributed by atoms with Gasteiger partial charge in [0.1, 0.15) is 5.82 Å². The zero-order valence-electron chi connectivity index (χ0n) is 19.6. The molecule has 1 aromatic heterocycles. The first-order chi connectivity index (χ1) is 15.3. The first-order valence-electron chi connectivity index (χ1n) is 11.3. The van der Waals surface area contributed by atoms with E-state index in [1.165, 1.54) is 5.70 Å². The number of anilines is 2. The van der Waals surface area contributed by atoms with E-state index >= 15 is 0 Å². The fraction of sp³-hybridized carbons (Fsp3) is 0.542. The predicted molar refractivity (Wildman–Crippen MR) is 126 cm³/mol. The van der Waals surface area contributed by atoms with Gasteiger partial charge in [0.05, 0.1) is 19.7 Å². The second-order valence-corrected chi connectivity index (χ2v) is 9.04. The molecule has 2 aliphatic rings. The van der Waals surface area contributed by atoms with E-state index in [1.807, 2.05) is 18.2 Å². The normalized spacial score (nSPS) is 21.8. The minimum Gasteiger partial charge on any atom is -0.493 e. The van der Waals surface area contributed by atoms with E-state index in [0.717, 1.165) is 37.1 Å². The molecule has 1 fully saturated rings. The van der Waals surface area contributed by atoms with Crippen LogP contribution in [0.25, 0.3) is 10.9 Å². The van der Waals surface area contributed by atoms with Gasteiger partial charge in [-0.05, 0) is 23.8 Å². The molecular weight excluding hydrogens is 406 g/mol. The van der Waals surface area contributed by atoms with Crippen LogP contribution in [0.3, 0.4) is 0 Å². The predicted octanol–water partition coefficient (Wildman–Crippen LogP) is 3.12. The lowest BCUT2D eigenvalue weighted by molar-refractivity contribution is -0.117. The number of aromatic nitrogens is 2. The molecule has 172 valence electrons. The van der Waals surface area contributed by atoms with Crippen molar-refractivity contribution in [1.29, 1.82) is 0 Å². The number of fused-ring (bicyclic) bond motifs is 1. The molecule has 8 heteroatoms. The fourth-order valence-corrected chi connectivity index (χ4v) is 4.95. The molecular formula is C24H33N5O3. The number of rotatable bonds is 5. The maximum absolute atomic E-state index is 12.4. The molecule has 0 bridgehead atoms. The molecule has 2 atom stereocenters. The molecule has 32 heavy (non-hydrogen) atoms. The van der Waals surface area contributed by atoms with Crippen LogP contribution >= 0.6 is 0 Å². The van der Waals surface area contributed by atoms with Gasteiger partial charge in [-0.3, -0.25) is 4.79 Å². The van der Waals surface area contributed by atoms with Crippen LogP contribution in [0.5, 0.6) is 11.5 Å². The van der Waals surface area contributed by atoms with Crippen LogP contribution in [0, 0.1) is 17.8 Å². The number of nitrogens with two attached hydrogens (primary N) is 1. The summed E-state index contributed by atoms with van der Waals surface area (Å²) in [5.74, 6) is 3.76. The van der Waals surface area contributed by atoms with Crippen LogP contribution in [0.1, 0.15) is 27.2 Å². The van der Waals surface area contributed by atoms with Gasteiger partial charge in [-0.15, -0.1) is 0 Å². The molecule has 1 aliphatic heterocycles. The molecule has 8 nitrogen and oxygen atoms in total. The lowest BCUT2D eigenvalue weighted by Crippen LogP contribution is -2.48. The number of carbonyl (C=O) groups is 1. The van der Waals surface area contributed by atoms with Gasteiger partial charge < -0.3 is 25.0 Å².